The number of hydrogen-bond acceptors (Lipinski definition) is 8. The Balaban J connectivity index is 2.14. The molecule has 0 radical (unpaired) electrons. The van der Waals surface area contributed by atoms with Gasteiger partial charge in [0.2, 0.25) is 5.56 Å². The molecule has 4 rings (SSSR count). The highest BCUT2D eigenvalue weighted by atomic mass is 35.5. The van der Waals surface area contributed by atoms with E-state index in [2.05, 4.69) is 11.1 Å². The number of nitrogens with one attached hydrogen (secondary N) is 1. The lowest BCUT2D eigenvalue weighted by molar-refractivity contribution is -0.142. The smallest absolute Gasteiger partial charge is 0.355 e. The molecule has 1 aliphatic rings. The van der Waals surface area contributed by atoms with Crippen LogP contribution in [0.15, 0.2) is 82.1 Å². The first kappa shape index (κ1) is 25.5. The van der Waals surface area contributed by atoms with Crippen molar-refractivity contribution in [1.82, 2.24) is 4.98 Å². The number of allylic oxidation sites excluding steroid dienone is 1. The maximum Gasteiger partial charge on any atom is 0.355 e. The third kappa shape index (κ3) is 4.67. The first-order valence-corrected chi connectivity index (χ1v) is 11.9. The number of nitrogens with two attached hydrogens (primary N) is 1. The lowest BCUT2D eigenvalue weighted by Crippen LogP contribution is -2.41. The van der Waals surface area contributed by atoms with Crippen LogP contribution in [0.2, 0.25) is 5.02 Å². The van der Waals surface area contributed by atoms with Gasteiger partial charge in [0.25, 0.3) is 0 Å². The molecule has 0 bridgehead atoms. The van der Waals surface area contributed by atoms with Crippen molar-refractivity contribution < 1.29 is 19.1 Å². The fourth-order valence-corrected chi connectivity index (χ4v) is 4.50. The number of para-hydroxylation sites is 1. The molecular weight excluding hydrogens is 496 g/mol. The molecule has 1 unspecified atom stereocenters. The number of esters is 2. The number of halogens is 1. The second-order valence-corrected chi connectivity index (χ2v) is 8.43. The van der Waals surface area contributed by atoms with Gasteiger partial charge >= 0.3 is 11.9 Å². The van der Waals surface area contributed by atoms with Crippen molar-refractivity contribution >= 4 is 40.1 Å². The Morgan fingerprint density at radius 1 is 1.08 bits per heavy atom. The molecule has 0 saturated carbocycles. The number of aromatic nitrogens is 1. The van der Waals surface area contributed by atoms with Gasteiger partial charge < -0.3 is 20.2 Å². The number of H-pyrrole nitrogens is 1. The Kier molecular flexibility index (Phi) is 7.32. The van der Waals surface area contributed by atoms with Gasteiger partial charge in [-0.05, 0) is 49.7 Å². The molecule has 0 amide bonds. The third-order valence-electron chi connectivity index (χ3n) is 5.84. The highest BCUT2D eigenvalue weighted by Gasteiger charge is 2.43. The SMILES string of the molecule is CCOC(=O)C1=C(C(=O)OCC)N(c2ccc(Cl)cc2)C(N)=C(C#N)C1c1cc(=O)[nH]c2ccccc12. The van der Waals surface area contributed by atoms with Crippen LogP contribution in [0.1, 0.15) is 25.3 Å². The van der Waals surface area contributed by atoms with E-state index in [1.807, 2.05) is 0 Å². The summed E-state index contributed by atoms with van der Waals surface area (Å²) in [6.45, 7) is 3.26. The summed E-state index contributed by atoms with van der Waals surface area (Å²) in [5.41, 5.74) is 6.84. The van der Waals surface area contributed by atoms with Crippen molar-refractivity contribution in [2.45, 2.75) is 19.8 Å². The maximum absolute atomic E-state index is 13.5. The van der Waals surface area contributed by atoms with Crippen LogP contribution in [-0.2, 0) is 19.1 Å². The van der Waals surface area contributed by atoms with E-state index in [-0.39, 0.29) is 35.9 Å². The lowest BCUT2D eigenvalue weighted by atomic mass is 9.79. The summed E-state index contributed by atoms with van der Waals surface area (Å²) in [7, 11) is 0. The number of nitriles is 1. The summed E-state index contributed by atoms with van der Waals surface area (Å²) < 4.78 is 10.7. The molecular formula is C27H23ClN4O5. The molecule has 0 aliphatic carbocycles. The Labute approximate surface area is 217 Å². The summed E-state index contributed by atoms with van der Waals surface area (Å²) in [4.78, 5) is 43.6. The monoisotopic (exact) mass is 518 g/mol. The number of hydrogen-bond donors (Lipinski definition) is 2. The zero-order chi connectivity index (χ0) is 26.7. The number of anilines is 1. The van der Waals surface area contributed by atoms with Crippen molar-refractivity contribution in [3.63, 3.8) is 0 Å². The van der Waals surface area contributed by atoms with E-state index in [0.29, 0.717) is 27.2 Å². The Bertz CT molecular complexity index is 1550. The second-order valence-electron chi connectivity index (χ2n) is 7.99. The highest BCUT2D eigenvalue weighted by Crippen LogP contribution is 2.44. The maximum atomic E-state index is 13.5. The van der Waals surface area contributed by atoms with Crippen molar-refractivity contribution in [3.05, 3.63) is 98.2 Å². The van der Waals surface area contributed by atoms with Gasteiger partial charge in [-0.3, -0.25) is 9.69 Å². The van der Waals surface area contributed by atoms with Gasteiger partial charge in [0.15, 0.2) is 0 Å². The molecule has 3 aromatic rings. The summed E-state index contributed by atoms with van der Waals surface area (Å²) in [6, 6.07) is 16.7. The van der Waals surface area contributed by atoms with Gasteiger partial charge in [0, 0.05) is 27.7 Å². The number of carbonyl (C=O) groups is 2. The van der Waals surface area contributed by atoms with E-state index in [1.54, 1.807) is 62.4 Å². The van der Waals surface area contributed by atoms with Gasteiger partial charge in [0.1, 0.15) is 11.5 Å². The van der Waals surface area contributed by atoms with Crippen LogP contribution in [0, 0.1) is 11.3 Å². The fourth-order valence-electron chi connectivity index (χ4n) is 4.38. The first-order chi connectivity index (χ1) is 17.8. The van der Waals surface area contributed by atoms with Gasteiger partial charge in [-0.1, -0.05) is 29.8 Å². The van der Waals surface area contributed by atoms with Crippen LogP contribution >= 0.6 is 11.6 Å². The largest absolute Gasteiger partial charge is 0.463 e. The van der Waals surface area contributed by atoms with Crippen LogP contribution in [0.5, 0.6) is 0 Å². The number of pyridine rings is 1. The molecule has 0 saturated heterocycles. The fraction of sp³-hybridized carbons (Fsp3) is 0.185. The quantitative estimate of drug-likeness (QED) is 0.469. The summed E-state index contributed by atoms with van der Waals surface area (Å²) in [6.07, 6.45) is 0. The Morgan fingerprint density at radius 3 is 2.38 bits per heavy atom. The Morgan fingerprint density at radius 2 is 1.73 bits per heavy atom. The summed E-state index contributed by atoms with van der Waals surface area (Å²) >= 11 is 6.06. The van der Waals surface area contributed by atoms with Gasteiger partial charge in [-0.25, -0.2) is 9.59 Å². The third-order valence-corrected chi connectivity index (χ3v) is 6.09. The van der Waals surface area contributed by atoms with Gasteiger partial charge in [-0.2, -0.15) is 5.26 Å². The molecule has 37 heavy (non-hydrogen) atoms. The molecule has 0 spiro atoms. The van der Waals surface area contributed by atoms with Crippen LogP contribution < -0.4 is 16.2 Å². The minimum atomic E-state index is -1.18. The molecule has 1 atom stereocenters. The standard InChI is InChI=1S/C27H23ClN4O5/c1-3-36-26(34)23-22(18-13-21(33)31-20-8-6-5-7-17(18)20)19(14-29)25(30)32(24(23)27(35)37-4-2)16-11-9-15(28)10-12-16/h5-13,22H,3-4,30H2,1-2H3,(H,31,33). The number of carbonyl (C=O) groups excluding carboxylic acids is 2. The van der Waals surface area contributed by atoms with Crippen molar-refractivity contribution in [3.8, 4) is 6.07 Å². The number of benzene rings is 2. The van der Waals surface area contributed by atoms with Crippen molar-refractivity contribution in [1.29, 1.82) is 5.26 Å². The molecule has 9 nitrogen and oxygen atoms in total. The predicted molar refractivity (Wildman–Crippen MR) is 138 cm³/mol. The minimum Gasteiger partial charge on any atom is -0.463 e. The number of nitrogens with zero attached hydrogens (tertiary/aromatic N) is 2. The molecule has 2 aromatic carbocycles. The predicted octanol–water partition coefficient (Wildman–Crippen LogP) is 3.86. The van der Waals surface area contributed by atoms with Crippen LogP contribution in [-0.4, -0.2) is 30.1 Å². The van der Waals surface area contributed by atoms with E-state index in [1.165, 1.54) is 11.0 Å². The van der Waals surface area contributed by atoms with E-state index in [4.69, 9.17) is 26.8 Å². The molecule has 0 fully saturated rings. The molecule has 2 heterocycles. The summed E-state index contributed by atoms with van der Waals surface area (Å²) in [5, 5.41) is 11.3. The van der Waals surface area contributed by atoms with Crippen LogP contribution in [0.4, 0.5) is 5.69 Å². The first-order valence-electron chi connectivity index (χ1n) is 11.5. The average molecular weight is 519 g/mol. The topological polar surface area (TPSA) is 139 Å². The summed E-state index contributed by atoms with van der Waals surface area (Å²) in [5.74, 6) is -2.98. The zero-order valence-electron chi connectivity index (χ0n) is 20.1. The van der Waals surface area contributed by atoms with E-state index < -0.39 is 23.4 Å². The highest BCUT2D eigenvalue weighted by molar-refractivity contribution is 6.30. The van der Waals surface area contributed by atoms with E-state index >= 15 is 0 Å². The molecule has 10 heteroatoms. The minimum absolute atomic E-state index is 0.00328. The lowest BCUT2D eigenvalue weighted by Gasteiger charge is -2.36. The number of aromatic amines is 1. The van der Waals surface area contributed by atoms with Crippen molar-refractivity contribution in [2.75, 3.05) is 18.1 Å². The molecule has 1 aliphatic heterocycles. The van der Waals surface area contributed by atoms with Crippen LogP contribution in [0.25, 0.3) is 10.9 Å². The van der Waals surface area contributed by atoms with E-state index in [9.17, 15) is 19.6 Å². The average Bonchev–Trinajstić information content (AvgIpc) is 2.88. The second kappa shape index (κ2) is 10.6. The molecule has 1 aromatic heterocycles. The molecule has 3 N–H and O–H groups in total. The van der Waals surface area contributed by atoms with Crippen LogP contribution in [0.3, 0.4) is 0 Å². The van der Waals surface area contributed by atoms with Gasteiger partial charge in [0.05, 0.1) is 36.3 Å². The van der Waals surface area contributed by atoms with E-state index in [0.717, 1.165) is 0 Å². The normalized spacial score (nSPS) is 15.5. The number of fused-ring (bicyclic) bond motifs is 1. The zero-order valence-corrected chi connectivity index (χ0v) is 20.8. The van der Waals surface area contributed by atoms with Crippen molar-refractivity contribution in [2.24, 2.45) is 5.73 Å². The van der Waals surface area contributed by atoms with Gasteiger partial charge in [-0.15, -0.1) is 0 Å². The Hall–Kier alpha value is -4.55. The number of ether oxygens (including phenoxy) is 2. The molecule has 188 valence electrons. The number of rotatable bonds is 6.